The first kappa shape index (κ1) is 20.1. The van der Waals surface area contributed by atoms with E-state index in [9.17, 15) is 14.7 Å². The lowest BCUT2D eigenvalue weighted by Gasteiger charge is -2.23. The van der Waals surface area contributed by atoms with E-state index in [1.807, 2.05) is 6.92 Å². The molecule has 0 aromatic carbocycles. The number of nitrogens with zero attached hydrogens (tertiary/aromatic N) is 2. The average molecular weight is 392 g/mol. The quantitative estimate of drug-likeness (QED) is 0.728. The molecule has 1 saturated heterocycles. The van der Waals surface area contributed by atoms with Gasteiger partial charge in [0.05, 0.1) is 11.7 Å². The number of carbonyl (C=O) groups is 2. The summed E-state index contributed by atoms with van der Waals surface area (Å²) in [6, 6.07) is 1.65. The van der Waals surface area contributed by atoms with Crippen LogP contribution in [-0.4, -0.2) is 57.8 Å². The lowest BCUT2D eigenvalue weighted by Crippen LogP contribution is -2.37. The van der Waals surface area contributed by atoms with E-state index in [2.05, 4.69) is 17.2 Å². The number of carbonyl (C=O) groups excluding carboxylic acids is 2. The summed E-state index contributed by atoms with van der Waals surface area (Å²) in [4.78, 5) is 31.9. The molecule has 27 heavy (non-hydrogen) atoms. The second-order valence-electron chi connectivity index (χ2n) is 7.99. The maximum Gasteiger partial charge on any atom is 0.255 e. The van der Waals surface area contributed by atoms with Gasteiger partial charge in [0.2, 0.25) is 5.91 Å². The molecule has 2 fully saturated rings. The van der Waals surface area contributed by atoms with Gasteiger partial charge in [-0.1, -0.05) is 13.8 Å². The van der Waals surface area contributed by atoms with Crippen LogP contribution in [0.1, 0.15) is 56.3 Å². The molecule has 3 rings (SSSR count). The minimum absolute atomic E-state index is 0.0581. The molecule has 1 aliphatic carbocycles. The number of aliphatic hydroxyl groups is 1. The van der Waals surface area contributed by atoms with Crippen LogP contribution in [0, 0.1) is 5.41 Å². The van der Waals surface area contributed by atoms with Gasteiger partial charge >= 0.3 is 0 Å². The van der Waals surface area contributed by atoms with Crippen LogP contribution in [0.5, 0.6) is 0 Å². The average Bonchev–Trinajstić information content (AvgIpc) is 3.37. The zero-order chi connectivity index (χ0) is 19.4. The van der Waals surface area contributed by atoms with Gasteiger partial charge in [-0.25, -0.2) is 0 Å². The van der Waals surface area contributed by atoms with Crippen LogP contribution in [0.4, 0.5) is 0 Å². The minimum atomic E-state index is -0.637. The van der Waals surface area contributed by atoms with Gasteiger partial charge < -0.3 is 15.3 Å². The number of hydrogen-bond donors (Lipinski definition) is 2. The van der Waals surface area contributed by atoms with Crippen LogP contribution in [0.15, 0.2) is 23.4 Å². The van der Waals surface area contributed by atoms with E-state index >= 15 is 0 Å². The Morgan fingerprint density at radius 1 is 1.44 bits per heavy atom. The van der Waals surface area contributed by atoms with Crippen molar-refractivity contribution in [2.45, 2.75) is 63.0 Å². The van der Waals surface area contributed by atoms with Crippen molar-refractivity contribution in [2.75, 3.05) is 18.8 Å². The number of aromatic nitrogens is 1. The Morgan fingerprint density at radius 3 is 2.93 bits per heavy atom. The zero-order valence-corrected chi connectivity index (χ0v) is 16.9. The van der Waals surface area contributed by atoms with E-state index in [0.717, 1.165) is 23.5 Å². The summed E-state index contributed by atoms with van der Waals surface area (Å²) < 4.78 is 0. The van der Waals surface area contributed by atoms with E-state index in [-0.39, 0.29) is 23.3 Å². The number of thioether (sulfide) groups is 1. The first-order valence-corrected chi connectivity index (χ1v) is 10.7. The smallest absolute Gasteiger partial charge is 0.255 e. The monoisotopic (exact) mass is 391 g/mol. The van der Waals surface area contributed by atoms with Gasteiger partial charge in [0.1, 0.15) is 0 Å². The maximum atomic E-state index is 13.0. The normalized spacial score (nSPS) is 24.2. The molecule has 0 unspecified atom stereocenters. The molecule has 1 aromatic heterocycles. The molecule has 0 spiro atoms. The van der Waals surface area contributed by atoms with Crippen molar-refractivity contribution >= 4 is 23.6 Å². The fraction of sp³-hybridized carbons (Fsp3) is 0.650. The number of β-amino-alcohol motifs (C(OH)–C–C–N with tert-alkyl or cyclic N) is 1. The molecular weight excluding hydrogens is 362 g/mol. The van der Waals surface area contributed by atoms with Crippen molar-refractivity contribution in [1.82, 2.24) is 15.2 Å². The summed E-state index contributed by atoms with van der Waals surface area (Å²) in [5, 5.41) is 13.5. The Kier molecular flexibility index (Phi) is 6.42. The highest BCUT2D eigenvalue weighted by Gasteiger charge is 2.39. The zero-order valence-electron chi connectivity index (χ0n) is 16.1. The fourth-order valence-electron chi connectivity index (χ4n) is 3.55. The summed E-state index contributed by atoms with van der Waals surface area (Å²) in [5.41, 5.74) is 0.803. The van der Waals surface area contributed by atoms with E-state index in [1.165, 1.54) is 0 Å². The summed E-state index contributed by atoms with van der Waals surface area (Å²) in [7, 11) is 0. The Morgan fingerprint density at radius 2 is 2.22 bits per heavy atom. The molecule has 0 bridgehead atoms. The number of nitrogens with one attached hydrogen (secondary N) is 1. The number of aliphatic hydroxyl groups excluding tert-OH is 1. The third-order valence-corrected chi connectivity index (χ3v) is 6.32. The molecule has 2 heterocycles. The SMILES string of the molecule is CCSc1cnccc1C(=O)N1CC[C@H](NC(=O)CC2(C)CC2)C[C@H](O)C1. The molecule has 0 radical (unpaired) electrons. The summed E-state index contributed by atoms with van der Waals surface area (Å²) in [6.07, 6.45) is 6.63. The number of hydrogen-bond acceptors (Lipinski definition) is 5. The Balaban J connectivity index is 1.62. The van der Waals surface area contributed by atoms with Gasteiger partial charge in [0.15, 0.2) is 0 Å². The Hall–Kier alpha value is -1.60. The molecule has 148 valence electrons. The summed E-state index contributed by atoms with van der Waals surface area (Å²) >= 11 is 1.59. The third-order valence-electron chi connectivity index (χ3n) is 5.39. The van der Waals surface area contributed by atoms with Crippen molar-refractivity contribution in [1.29, 1.82) is 0 Å². The number of amides is 2. The van der Waals surface area contributed by atoms with Crippen LogP contribution in [-0.2, 0) is 4.79 Å². The van der Waals surface area contributed by atoms with E-state index < -0.39 is 6.10 Å². The largest absolute Gasteiger partial charge is 0.391 e. The van der Waals surface area contributed by atoms with Crippen molar-refractivity contribution in [3.63, 3.8) is 0 Å². The number of rotatable bonds is 6. The summed E-state index contributed by atoms with van der Waals surface area (Å²) in [6.45, 7) is 4.99. The highest BCUT2D eigenvalue weighted by atomic mass is 32.2. The van der Waals surface area contributed by atoms with Crippen molar-refractivity contribution in [3.8, 4) is 0 Å². The van der Waals surface area contributed by atoms with E-state index in [4.69, 9.17) is 0 Å². The van der Waals surface area contributed by atoms with Crippen LogP contribution < -0.4 is 5.32 Å². The first-order chi connectivity index (χ1) is 12.9. The van der Waals surface area contributed by atoms with Crippen LogP contribution in [0.2, 0.25) is 0 Å². The molecule has 2 N–H and O–H groups in total. The third kappa shape index (κ3) is 5.45. The molecule has 2 atom stereocenters. The fourth-order valence-corrected chi connectivity index (χ4v) is 4.30. The highest BCUT2D eigenvalue weighted by Crippen LogP contribution is 2.48. The van der Waals surface area contributed by atoms with Crippen molar-refractivity contribution < 1.29 is 14.7 Å². The van der Waals surface area contributed by atoms with Crippen LogP contribution >= 0.6 is 11.8 Å². The molecule has 1 aliphatic heterocycles. The molecule has 1 aromatic rings. The Labute approximate surface area is 165 Å². The lowest BCUT2D eigenvalue weighted by atomic mass is 10.0. The highest BCUT2D eigenvalue weighted by molar-refractivity contribution is 7.99. The van der Waals surface area contributed by atoms with Gasteiger partial charge in [-0.15, -0.1) is 11.8 Å². The standard InChI is InChI=1S/C20H29N3O3S/c1-3-27-17-12-21-8-4-16(17)19(26)23-9-5-14(10-15(24)13-23)22-18(25)11-20(2)6-7-20/h4,8,12,14-15,24H,3,5-7,9-11,13H2,1-2H3,(H,22,25)/t14-,15-/m0/s1. The van der Waals surface area contributed by atoms with Crippen LogP contribution in [0.3, 0.4) is 0 Å². The van der Waals surface area contributed by atoms with Gasteiger partial charge in [-0.05, 0) is 42.9 Å². The van der Waals surface area contributed by atoms with Crippen molar-refractivity contribution in [3.05, 3.63) is 24.0 Å². The second-order valence-corrected chi connectivity index (χ2v) is 9.29. The predicted octanol–water partition coefficient (Wildman–Crippen LogP) is 2.47. The van der Waals surface area contributed by atoms with Crippen molar-refractivity contribution in [2.24, 2.45) is 5.41 Å². The van der Waals surface area contributed by atoms with Gasteiger partial charge in [-0.2, -0.15) is 0 Å². The Bertz CT molecular complexity index is 693. The van der Waals surface area contributed by atoms with E-state index in [1.54, 1.807) is 35.1 Å². The van der Waals surface area contributed by atoms with Gasteiger partial charge in [-0.3, -0.25) is 14.6 Å². The lowest BCUT2D eigenvalue weighted by molar-refractivity contribution is -0.123. The van der Waals surface area contributed by atoms with Gasteiger partial charge in [0.25, 0.3) is 5.91 Å². The summed E-state index contributed by atoms with van der Waals surface area (Å²) in [5.74, 6) is 0.842. The molecule has 6 nitrogen and oxygen atoms in total. The predicted molar refractivity (Wildman–Crippen MR) is 106 cm³/mol. The molecule has 2 aliphatic rings. The topological polar surface area (TPSA) is 82.5 Å². The minimum Gasteiger partial charge on any atom is -0.391 e. The second kappa shape index (κ2) is 8.61. The molecule has 2 amide bonds. The molecular formula is C20H29N3O3S. The first-order valence-electron chi connectivity index (χ1n) is 9.74. The van der Waals surface area contributed by atoms with Crippen LogP contribution in [0.25, 0.3) is 0 Å². The van der Waals surface area contributed by atoms with E-state index in [0.29, 0.717) is 37.9 Å². The van der Waals surface area contributed by atoms with Gasteiger partial charge in [0, 0.05) is 42.8 Å². The molecule has 1 saturated carbocycles. The maximum absolute atomic E-state index is 13.0. The number of pyridine rings is 1. The number of likely N-dealkylation sites (tertiary alicyclic amines) is 1. The molecule has 7 heteroatoms.